The zero-order valence-corrected chi connectivity index (χ0v) is 24.2. The van der Waals surface area contributed by atoms with Crippen LogP contribution in [0.25, 0.3) is 11.3 Å². The Kier molecular flexibility index (Phi) is 6.72. The number of nitrogens with one attached hydrogen (secondary N) is 1. The summed E-state index contributed by atoms with van der Waals surface area (Å²) in [7, 11) is 1.63. The molecule has 6 rings (SSSR count). The molecule has 1 N–H and O–H groups in total. The van der Waals surface area contributed by atoms with Crippen molar-refractivity contribution in [2.45, 2.75) is 33.1 Å². The van der Waals surface area contributed by atoms with E-state index >= 15 is 0 Å². The SMILES string of the molecule is Cc1ccc2c(n1)Oc1nc(-c3ccc(C(=O)N4CCOCC4)cc3)ccc1C2(C)C(C)(C)C(=O)Nc1nnn(C)n1. The van der Waals surface area contributed by atoms with E-state index in [1.807, 2.05) is 76.2 Å². The van der Waals surface area contributed by atoms with Crippen LogP contribution >= 0.6 is 0 Å². The summed E-state index contributed by atoms with van der Waals surface area (Å²) in [6.07, 6.45) is 0. The maximum absolute atomic E-state index is 13.8. The summed E-state index contributed by atoms with van der Waals surface area (Å²) in [5.74, 6) is 0.587. The fraction of sp³-hybridized carbons (Fsp3) is 0.367. The lowest BCUT2D eigenvalue weighted by atomic mass is 9.58. The van der Waals surface area contributed by atoms with Crippen molar-refractivity contribution >= 4 is 17.8 Å². The van der Waals surface area contributed by atoms with Gasteiger partial charge in [0.05, 0.1) is 31.4 Å². The Balaban J connectivity index is 1.36. The summed E-state index contributed by atoms with van der Waals surface area (Å²) in [4.78, 5) is 39.3. The third-order valence-electron chi connectivity index (χ3n) is 8.41. The minimum absolute atomic E-state index is 0.0161. The molecule has 1 unspecified atom stereocenters. The van der Waals surface area contributed by atoms with Crippen LogP contribution in [0.5, 0.6) is 11.8 Å². The van der Waals surface area contributed by atoms with Crippen LogP contribution in [0.3, 0.4) is 0 Å². The first-order valence-electron chi connectivity index (χ1n) is 13.8. The number of aryl methyl sites for hydroxylation is 2. The number of hydrogen-bond acceptors (Lipinski definition) is 9. The van der Waals surface area contributed by atoms with Crippen molar-refractivity contribution in [1.82, 2.24) is 35.1 Å². The first kappa shape index (κ1) is 27.5. The average molecular weight is 569 g/mol. The number of anilines is 1. The number of carbonyl (C=O) groups excluding carboxylic acids is 2. The van der Waals surface area contributed by atoms with E-state index in [9.17, 15) is 9.59 Å². The van der Waals surface area contributed by atoms with Crippen molar-refractivity contribution in [3.8, 4) is 23.0 Å². The predicted molar refractivity (Wildman–Crippen MR) is 153 cm³/mol. The molecule has 2 amide bonds. The Morgan fingerprint density at radius 3 is 2.29 bits per heavy atom. The standard InChI is InChI=1S/C30H32N8O4/c1-18-6-11-21-24(31-18)42-25-22(30(21,4)29(2,3)27(40)33-28-34-36-37(5)35-28)12-13-23(32-25)19-7-9-20(10-8-19)26(39)38-14-16-41-17-15-38/h6-13H,14-17H2,1-5H3,(H,33,35,40). The number of ether oxygens (including phenoxy) is 2. The number of morpholine rings is 1. The van der Waals surface area contributed by atoms with E-state index < -0.39 is 10.8 Å². The molecule has 1 atom stereocenters. The molecule has 2 aliphatic rings. The number of carbonyl (C=O) groups is 2. The summed E-state index contributed by atoms with van der Waals surface area (Å²) in [5.41, 5.74) is 2.50. The van der Waals surface area contributed by atoms with Crippen LogP contribution in [0.1, 0.15) is 48.0 Å². The molecule has 12 nitrogen and oxygen atoms in total. The van der Waals surface area contributed by atoms with Gasteiger partial charge in [0, 0.05) is 46.5 Å². The van der Waals surface area contributed by atoms with Crippen molar-refractivity contribution in [1.29, 1.82) is 0 Å². The molecule has 5 heterocycles. The zero-order valence-electron chi connectivity index (χ0n) is 24.2. The van der Waals surface area contributed by atoms with Crippen molar-refractivity contribution in [2.75, 3.05) is 31.6 Å². The smallest absolute Gasteiger partial charge is 0.270 e. The lowest BCUT2D eigenvalue weighted by Crippen LogP contribution is -2.50. The van der Waals surface area contributed by atoms with Gasteiger partial charge in [0.25, 0.3) is 11.9 Å². The van der Waals surface area contributed by atoms with Gasteiger partial charge in [0.1, 0.15) is 0 Å². The van der Waals surface area contributed by atoms with Crippen molar-refractivity contribution in [3.63, 3.8) is 0 Å². The Bertz CT molecular complexity index is 1680. The average Bonchev–Trinajstić information content (AvgIpc) is 3.41. The number of aromatic nitrogens is 6. The Morgan fingerprint density at radius 1 is 0.952 bits per heavy atom. The molecule has 12 heteroatoms. The van der Waals surface area contributed by atoms with E-state index in [2.05, 4.69) is 25.7 Å². The monoisotopic (exact) mass is 568 g/mol. The van der Waals surface area contributed by atoms with E-state index in [1.165, 1.54) is 4.80 Å². The maximum atomic E-state index is 13.8. The molecule has 216 valence electrons. The topological polar surface area (TPSA) is 137 Å². The van der Waals surface area contributed by atoms with Gasteiger partial charge in [-0.3, -0.25) is 14.9 Å². The summed E-state index contributed by atoms with van der Waals surface area (Å²) in [6, 6.07) is 15.1. The second-order valence-electron chi connectivity index (χ2n) is 11.2. The molecule has 4 aromatic rings. The van der Waals surface area contributed by atoms with Gasteiger partial charge >= 0.3 is 0 Å². The second kappa shape index (κ2) is 10.3. The van der Waals surface area contributed by atoms with E-state index in [4.69, 9.17) is 14.5 Å². The molecular weight excluding hydrogens is 536 g/mol. The zero-order chi connectivity index (χ0) is 29.6. The Labute approximate surface area is 243 Å². The van der Waals surface area contributed by atoms with Crippen LogP contribution in [0.2, 0.25) is 0 Å². The molecule has 42 heavy (non-hydrogen) atoms. The summed E-state index contributed by atoms with van der Waals surface area (Å²) in [6.45, 7) is 9.90. The summed E-state index contributed by atoms with van der Waals surface area (Å²) < 4.78 is 11.7. The van der Waals surface area contributed by atoms with Crippen LogP contribution in [0.15, 0.2) is 48.5 Å². The number of nitrogens with zero attached hydrogens (tertiary/aromatic N) is 7. The van der Waals surface area contributed by atoms with Gasteiger partial charge in [-0.15, -0.1) is 5.10 Å². The van der Waals surface area contributed by atoms with Gasteiger partial charge in [-0.1, -0.05) is 29.4 Å². The van der Waals surface area contributed by atoms with E-state index in [0.29, 0.717) is 49.3 Å². The largest absolute Gasteiger partial charge is 0.420 e. The van der Waals surface area contributed by atoms with Gasteiger partial charge < -0.3 is 14.4 Å². The van der Waals surface area contributed by atoms with Crippen LogP contribution in [-0.4, -0.2) is 73.2 Å². The van der Waals surface area contributed by atoms with Crippen LogP contribution in [0.4, 0.5) is 5.95 Å². The van der Waals surface area contributed by atoms with Gasteiger partial charge in [-0.25, -0.2) is 9.97 Å². The van der Waals surface area contributed by atoms with Crippen molar-refractivity contribution in [2.24, 2.45) is 12.5 Å². The van der Waals surface area contributed by atoms with Gasteiger partial charge in [-0.05, 0) is 57.2 Å². The van der Waals surface area contributed by atoms with Crippen molar-refractivity contribution in [3.05, 3.63) is 70.9 Å². The minimum Gasteiger partial charge on any atom is -0.420 e. The highest BCUT2D eigenvalue weighted by Crippen LogP contribution is 2.55. The second-order valence-corrected chi connectivity index (χ2v) is 11.2. The molecule has 0 radical (unpaired) electrons. The van der Waals surface area contributed by atoms with Gasteiger partial charge in [0.2, 0.25) is 17.7 Å². The lowest BCUT2D eigenvalue weighted by molar-refractivity contribution is -0.126. The summed E-state index contributed by atoms with van der Waals surface area (Å²) in [5, 5.41) is 14.6. The number of hydrogen-bond donors (Lipinski definition) is 1. The van der Waals surface area contributed by atoms with Crippen LogP contribution in [-0.2, 0) is 22.0 Å². The highest BCUT2D eigenvalue weighted by molar-refractivity contribution is 5.96. The van der Waals surface area contributed by atoms with Crippen LogP contribution in [0, 0.1) is 12.3 Å². The highest BCUT2D eigenvalue weighted by atomic mass is 16.5. The Morgan fingerprint density at radius 2 is 1.62 bits per heavy atom. The first-order valence-corrected chi connectivity index (χ1v) is 13.8. The van der Waals surface area contributed by atoms with Gasteiger partial charge in [0.15, 0.2) is 0 Å². The van der Waals surface area contributed by atoms with Gasteiger partial charge in [-0.2, -0.15) is 4.80 Å². The van der Waals surface area contributed by atoms with E-state index in [1.54, 1.807) is 11.9 Å². The molecule has 3 aromatic heterocycles. The normalized spacial score (nSPS) is 18.1. The number of pyridine rings is 2. The predicted octanol–water partition coefficient (Wildman–Crippen LogP) is 3.52. The minimum atomic E-state index is -1.03. The number of fused-ring (bicyclic) bond motifs is 2. The fourth-order valence-corrected chi connectivity index (χ4v) is 5.51. The number of amides is 2. The number of tetrazole rings is 1. The molecule has 1 saturated heterocycles. The van der Waals surface area contributed by atoms with Crippen LogP contribution < -0.4 is 10.1 Å². The number of benzene rings is 1. The third-order valence-corrected chi connectivity index (χ3v) is 8.41. The van der Waals surface area contributed by atoms with Crippen molar-refractivity contribution < 1.29 is 19.1 Å². The molecule has 0 spiro atoms. The highest BCUT2D eigenvalue weighted by Gasteiger charge is 2.54. The molecule has 1 fully saturated rings. The quantitative estimate of drug-likeness (QED) is 0.383. The molecule has 2 aliphatic heterocycles. The number of rotatable bonds is 5. The molecule has 0 saturated carbocycles. The molecule has 1 aromatic carbocycles. The Hall–Kier alpha value is -4.71. The lowest BCUT2D eigenvalue weighted by Gasteiger charge is -2.46. The first-order chi connectivity index (χ1) is 20.1. The maximum Gasteiger partial charge on any atom is 0.270 e. The molecule has 0 bridgehead atoms. The van der Waals surface area contributed by atoms with E-state index in [0.717, 1.165) is 22.4 Å². The fourth-order valence-electron chi connectivity index (χ4n) is 5.51. The molecular formula is C30H32N8O4. The van der Waals surface area contributed by atoms with E-state index in [-0.39, 0.29) is 17.8 Å². The molecule has 0 aliphatic carbocycles. The summed E-state index contributed by atoms with van der Waals surface area (Å²) >= 11 is 0. The third kappa shape index (κ3) is 4.57.